The minimum absolute atomic E-state index is 0.0979. The molecule has 0 fully saturated rings. The van der Waals surface area contributed by atoms with E-state index in [0.717, 1.165) is 16.3 Å². The van der Waals surface area contributed by atoms with Gasteiger partial charge in [-0.2, -0.15) is 4.37 Å². The van der Waals surface area contributed by atoms with Gasteiger partial charge in [0.05, 0.1) is 0 Å². The van der Waals surface area contributed by atoms with Crippen LogP contribution in [0.1, 0.15) is 44.4 Å². The summed E-state index contributed by atoms with van der Waals surface area (Å²) in [5.41, 5.74) is 1.89. The normalized spacial score (nSPS) is 15.0. The summed E-state index contributed by atoms with van der Waals surface area (Å²) in [6, 6.07) is 3.75. The molecule has 0 radical (unpaired) electrons. The van der Waals surface area contributed by atoms with Crippen LogP contribution in [0.25, 0.3) is 11.4 Å². The third kappa shape index (κ3) is 4.23. The van der Waals surface area contributed by atoms with Gasteiger partial charge in [0.1, 0.15) is 15.8 Å². The molecule has 2 atom stereocenters. The molecule has 114 valence electrons. The summed E-state index contributed by atoms with van der Waals surface area (Å²) in [6.45, 7) is 9.70. The van der Waals surface area contributed by atoms with Gasteiger partial charge in [0.2, 0.25) is 0 Å². The third-order valence-electron chi connectivity index (χ3n) is 2.81. The molecule has 0 aliphatic rings. The number of nitrogens with zero attached hydrogens (tertiary/aromatic N) is 3. The van der Waals surface area contributed by atoms with Crippen molar-refractivity contribution in [1.82, 2.24) is 19.1 Å². The largest absolute Gasteiger partial charge is 0.598 e. The first-order valence-electron chi connectivity index (χ1n) is 6.72. The molecule has 2 rings (SSSR count). The highest BCUT2D eigenvalue weighted by Crippen LogP contribution is 2.24. The van der Waals surface area contributed by atoms with Crippen LogP contribution in [0.2, 0.25) is 0 Å². The number of aromatic nitrogens is 3. The molecule has 2 heterocycles. The number of pyridine rings is 1. The highest BCUT2D eigenvalue weighted by molar-refractivity contribution is 7.90. The Labute approximate surface area is 132 Å². The summed E-state index contributed by atoms with van der Waals surface area (Å²) in [6.07, 6.45) is 1.75. The summed E-state index contributed by atoms with van der Waals surface area (Å²) in [5.74, 6) is 0.690. The summed E-state index contributed by atoms with van der Waals surface area (Å²) in [4.78, 5) is 8.71. The molecule has 0 saturated heterocycles. The predicted molar refractivity (Wildman–Crippen MR) is 87.3 cm³/mol. The van der Waals surface area contributed by atoms with E-state index in [0.29, 0.717) is 5.82 Å². The summed E-state index contributed by atoms with van der Waals surface area (Å²) in [7, 11) is 0. The summed E-state index contributed by atoms with van der Waals surface area (Å²) in [5, 5.41) is 0.831. The molecule has 5 nitrogen and oxygen atoms in total. The SMILES string of the molecule is Cc1cc(-c2nsc(C(C)N[S@@+]([O-])C(C)(C)C)n2)ccn1. The molecule has 1 N–H and O–H groups in total. The molecular weight excluding hydrogens is 304 g/mol. The smallest absolute Gasteiger partial charge is 0.173 e. The van der Waals surface area contributed by atoms with Gasteiger partial charge in [0.25, 0.3) is 0 Å². The van der Waals surface area contributed by atoms with Crippen molar-refractivity contribution in [2.75, 3.05) is 0 Å². The number of aryl methyl sites for hydroxylation is 1. The second kappa shape index (κ2) is 6.39. The molecule has 21 heavy (non-hydrogen) atoms. The molecule has 0 aliphatic heterocycles. The molecule has 2 aromatic heterocycles. The van der Waals surface area contributed by atoms with Crippen LogP contribution in [0, 0.1) is 6.92 Å². The van der Waals surface area contributed by atoms with Gasteiger partial charge in [-0.25, -0.2) is 4.98 Å². The maximum Gasteiger partial charge on any atom is 0.173 e. The van der Waals surface area contributed by atoms with E-state index in [1.165, 1.54) is 11.5 Å². The van der Waals surface area contributed by atoms with Gasteiger partial charge in [-0.3, -0.25) is 4.98 Å². The van der Waals surface area contributed by atoms with Crippen molar-refractivity contribution in [1.29, 1.82) is 0 Å². The second-order valence-corrected chi connectivity index (χ2v) is 8.64. The monoisotopic (exact) mass is 324 g/mol. The lowest BCUT2D eigenvalue weighted by Crippen LogP contribution is -2.40. The molecule has 7 heteroatoms. The first kappa shape index (κ1) is 16.4. The van der Waals surface area contributed by atoms with Crippen LogP contribution < -0.4 is 4.72 Å². The number of nitrogens with one attached hydrogen (secondary N) is 1. The van der Waals surface area contributed by atoms with E-state index < -0.39 is 11.4 Å². The van der Waals surface area contributed by atoms with Crippen LogP contribution in [-0.4, -0.2) is 23.6 Å². The minimum atomic E-state index is -1.13. The van der Waals surface area contributed by atoms with E-state index in [1.54, 1.807) is 6.20 Å². The Kier molecular flexibility index (Phi) is 4.98. The first-order chi connectivity index (χ1) is 9.77. The zero-order valence-corrected chi connectivity index (χ0v) is 14.5. The highest BCUT2D eigenvalue weighted by atomic mass is 32.2. The number of hydrogen-bond donors (Lipinski definition) is 1. The van der Waals surface area contributed by atoms with Crippen molar-refractivity contribution in [2.24, 2.45) is 0 Å². The number of hydrogen-bond acceptors (Lipinski definition) is 6. The third-order valence-corrected chi connectivity index (χ3v) is 5.38. The molecule has 0 aromatic carbocycles. The molecule has 0 aliphatic carbocycles. The average molecular weight is 324 g/mol. The standard InChI is InChI=1S/C14H20N4OS2/c1-9-8-11(6-7-15-9)12-16-13(20-17-12)10(2)18-21(19)14(3,4)5/h6-8,10,18H,1-5H3/t10?,21-/m0/s1. The molecule has 1 unspecified atom stereocenters. The van der Waals surface area contributed by atoms with Gasteiger partial charge in [-0.1, -0.05) is 0 Å². The van der Waals surface area contributed by atoms with Gasteiger partial charge >= 0.3 is 0 Å². The zero-order valence-electron chi connectivity index (χ0n) is 12.9. The Balaban J connectivity index is 2.13. The summed E-state index contributed by atoms with van der Waals surface area (Å²) >= 11 is 0.205. The van der Waals surface area contributed by atoms with Crippen molar-refractivity contribution >= 4 is 22.9 Å². The molecule has 2 aromatic rings. The molecule has 0 saturated carbocycles. The minimum Gasteiger partial charge on any atom is -0.598 e. The van der Waals surface area contributed by atoms with Crippen LogP contribution in [0.15, 0.2) is 18.3 Å². The van der Waals surface area contributed by atoms with Gasteiger partial charge < -0.3 is 4.55 Å². The fourth-order valence-electron chi connectivity index (χ4n) is 1.60. The van der Waals surface area contributed by atoms with Gasteiger partial charge in [0, 0.05) is 28.8 Å². The van der Waals surface area contributed by atoms with Crippen LogP contribution >= 0.6 is 11.5 Å². The lowest BCUT2D eigenvalue weighted by Gasteiger charge is -2.25. The quantitative estimate of drug-likeness (QED) is 0.875. The van der Waals surface area contributed by atoms with Crippen molar-refractivity contribution in [3.63, 3.8) is 0 Å². The van der Waals surface area contributed by atoms with E-state index in [2.05, 4.69) is 19.1 Å². The molecular formula is C14H20N4OS2. The van der Waals surface area contributed by atoms with Gasteiger partial charge in [-0.05, 0) is 58.3 Å². The Morgan fingerprint density at radius 1 is 1.38 bits per heavy atom. The lowest BCUT2D eigenvalue weighted by molar-refractivity contribution is 0.531. The average Bonchev–Trinajstić information content (AvgIpc) is 2.87. The summed E-state index contributed by atoms with van der Waals surface area (Å²) < 4.78 is 19.3. The van der Waals surface area contributed by atoms with Gasteiger partial charge in [-0.15, -0.1) is 4.72 Å². The Morgan fingerprint density at radius 2 is 2.10 bits per heavy atom. The Bertz CT molecular complexity index is 609. The fraction of sp³-hybridized carbons (Fsp3) is 0.500. The Hall–Kier alpha value is -1.02. The molecule has 0 spiro atoms. The Morgan fingerprint density at radius 3 is 2.71 bits per heavy atom. The van der Waals surface area contributed by atoms with Crippen LogP contribution in [0.4, 0.5) is 0 Å². The molecule has 0 amide bonds. The maximum atomic E-state index is 12.1. The van der Waals surface area contributed by atoms with Crippen LogP contribution in [-0.2, 0) is 11.4 Å². The van der Waals surface area contributed by atoms with Crippen LogP contribution in [0.5, 0.6) is 0 Å². The predicted octanol–water partition coefficient (Wildman–Crippen LogP) is 3.02. The first-order valence-corrected chi connectivity index (χ1v) is 8.64. The molecule has 0 bridgehead atoms. The second-order valence-electron chi connectivity index (χ2n) is 5.86. The highest BCUT2D eigenvalue weighted by Gasteiger charge is 2.29. The number of rotatable bonds is 4. The van der Waals surface area contributed by atoms with E-state index >= 15 is 0 Å². The maximum absolute atomic E-state index is 12.1. The van der Waals surface area contributed by atoms with Crippen LogP contribution in [0.3, 0.4) is 0 Å². The van der Waals surface area contributed by atoms with E-state index in [-0.39, 0.29) is 10.8 Å². The van der Waals surface area contributed by atoms with E-state index in [9.17, 15) is 4.55 Å². The van der Waals surface area contributed by atoms with E-state index in [1.807, 2.05) is 46.8 Å². The lowest BCUT2D eigenvalue weighted by atomic mass is 10.2. The zero-order chi connectivity index (χ0) is 15.6. The van der Waals surface area contributed by atoms with Crippen molar-refractivity contribution < 1.29 is 4.55 Å². The topological polar surface area (TPSA) is 73.8 Å². The fourth-order valence-corrected chi connectivity index (χ4v) is 3.13. The van der Waals surface area contributed by atoms with Crippen molar-refractivity contribution in [3.8, 4) is 11.4 Å². The van der Waals surface area contributed by atoms with E-state index in [4.69, 9.17) is 0 Å². The van der Waals surface area contributed by atoms with Crippen molar-refractivity contribution in [3.05, 3.63) is 29.0 Å². The van der Waals surface area contributed by atoms with Gasteiger partial charge in [0.15, 0.2) is 5.82 Å². The van der Waals surface area contributed by atoms with Crippen molar-refractivity contribution in [2.45, 2.75) is 45.4 Å².